The number of phosphoric ester groups is 1. The fraction of sp³-hybridized carbons (Fsp3) is 0.455. The summed E-state index contributed by atoms with van der Waals surface area (Å²) in [5, 5.41) is 10.1. The van der Waals surface area contributed by atoms with E-state index in [9.17, 15) is 28.6 Å². The van der Waals surface area contributed by atoms with Crippen LogP contribution in [0.2, 0.25) is 0 Å². The number of nitrogens with zero attached hydrogens (tertiary/aromatic N) is 4. The van der Waals surface area contributed by atoms with Crippen molar-refractivity contribution in [2.45, 2.75) is 24.5 Å². The third-order valence-electron chi connectivity index (χ3n) is 4.04. The molecule has 0 amide bonds. The molecule has 0 radical (unpaired) electrons. The van der Waals surface area contributed by atoms with Gasteiger partial charge in [0.15, 0.2) is 23.8 Å². The van der Waals surface area contributed by atoms with Gasteiger partial charge in [0, 0.05) is 0 Å². The number of rotatable bonds is 9. The number of nitrogens with two attached hydrogens (primary N) is 2. The Labute approximate surface area is 194 Å². The Kier molecular flexibility index (Phi) is 7.76. The monoisotopic (exact) mass is 566 g/mol. The van der Waals surface area contributed by atoms with Crippen LogP contribution in [-0.2, 0) is 36.3 Å². The Balaban J connectivity index is 1.78. The predicted molar refractivity (Wildman–Crippen MR) is 111 cm³/mol. The highest BCUT2D eigenvalue weighted by Crippen LogP contribution is 2.66. The first-order valence-electron chi connectivity index (χ1n) is 8.59. The number of fused-ring (bicyclic) bond motifs is 1. The molecule has 190 valence electrons. The standard InChI is InChI=1S/C11H17N6O13P3S/c12-8-5-9(15-2-14-8)17(3-16-5)10-7(28-11(13)34)6(18)4(27-10)1-26-32(22,23)30-33(24,25)29-31(19,20)21/h2-4,6-7,10,18H,1H2,(H2,13,34)(H,22,23)(H,24,25)(H2,12,14,15)(H2,19,20,21)/t4-,6-,7-,10-/m1/s1. The van der Waals surface area contributed by atoms with Crippen molar-refractivity contribution in [2.75, 3.05) is 12.3 Å². The van der Waals surface area contributed by atoms with Crippen molar-refractivity contribution in [2.24, 2.45) is 5.73 Å². The van der Waals surface area contributed by atoms with E-state index in [1.807, 2.05) is 0 Å². The molecular formula is C11H17N6O13P3S. The van der Waals surface area contributed by atoms with Gasteiger partial charge in [-0.15, -0.1) is 0 Å². The van der Waals surface area contributed by atoms with Gasteiger partial charge in [-0.3, -0.25) is 9.09 Å². The molecule has 0 bridgehead atoms. The molecule has 9 N–H and O–H groups in total. The molecular weight excluding hydrogens is 549 g/mol. The van der Waals surface area contributed by atoms with Crippen molar-refractivity contribution in [3.8, 4) is 0 Å². The lowest BCUT2D eigenvalue weighted by molar-refractivity contribution is -0.0487. The molecule has 34 heavy (non-hydrogen) atoms. The largest absolute Gasteiger partial charge is 0.490 e. The molecule has 1 fully saturated rings. The predicted octanol–water partition coefficient (Wildman–Crippen LogP) is -1.36. The molecule has 1 aliphatic heterocycles. The summed E-state index contributed by atoms with van der Waals surface area (Å²) < 4.78 is 57.9. The van der Waals surface area contributed by atoms with Gasteiger partial charge in [0.1, 0.15) is 24.1 Å². The van der Waals surface area contributed by atoms with E-state index >= 15 is 0 Å². The van der Waals surface area contributed by atoms with Crippen LogP contribution < -0.4 is 11.5 Å². The van der Waals surface area contributed by atoms with Gasteiger partial charge < -0.3 is 45.6 Å². The highest BCUT2D eigenvalue weighted by Gasteiger charge is 2.49. The minimum absolute atomic E-state index is 0.0401. The lowest BCUT2D eigenvalue weighted by atomic mass is 10.1. The summed E-state index contributed by atoms with van der Waals surface area (Å²) in [5.74, 6) is 0.0401. The van der Waals surface area contributed by atoms with Crippen LogP contribution in [0.15, 0.2) is 12.7 Å². The van der Waals surface area contributed by atoms with Gasteiger partial charge >= 0.3 is 23.5 Å². The van der Waals surface area contributed by atoms with Crippen LogP contribution in [0.5, 0.6) is 0 Å². The Morgan fingerprint density at radius 2 is 1.82 bits per heavy atom. The van der Waals surface area contributed by atoms with Crippen LogP contribution in [-0.4, -0.2) is 74.3 Å². The molecule has 2 aromatic heterocycles. The summed E-state index contributed by atoms with van der Waals surface area (Å²) in [6.45, 7) is -0.956. The van der Waals surface area contributed by atoms with Crippen molar-refractivity contribution in [3.63, 3.8) is 0 Å². The summed E-state index contributed by atoms with van der Waals surface area (Å²) in [7, 11) is -16.8. The Morgan fingerprint density at radius 1 is 1.15 bits per heavy atom. The molecule has 6 atom stereocenters. The Bertz CT molecular complexity index is 1220. The summed E-state index contributed by atoms with van der Waals surface area (Å²) in [6, 6.07) is 0. The van der Waals surface area contributed by atoms with Crippen LogP contribution in [0.25, 0.3) is 11.2 Å². The molecule has 19 nitrogen and oxygen atoms in total. The first-order valence-corrected chi connectivity index (χ1v) is 13.5. The van der Waals surface area contributed by atoms with Gasteiger partial charge in [-0.2, -0.15) is 8.62 Å². The van der Waals surface area contributed by atoms with Gasteiger partial charge in [-0.25, -0.2) is 28.6 Å². The molecule has 3 heterocycles. The lowest BCUT2D eigenvalue weighted by Crippen LogP contribution is -2.38. The SMILES string of the molecule is NC(=S)O[C@@H]1[C@H](O)[C@@H](COP(=O)(O)OP(=O)(O)OP(=O)(O)O)O[C@H]1n1cnc2c(N)ncnc21. The van der Waals surface area contributed by atoms with E-state index in [1.54, 1.807) is 0 Å². The van der Waals surface area contributed by atoms with E-state index in [2.05, 4.69) is 28.1 Å². The third-order valence-corrected chi connectivity index (χ3v) is 7.94. The number of thiocarbonyl (C=S) groups is 1. The smallest absolute Gasteiger partial charge is 0.460 e. The van der Waals surface area contributed by atoms with Crippen molar-refractivity contribution in [1.29, 1.82) is 0 Å². The fourth-order valence-electron chi connectivity index (χ4n) is 2.87. The van der Waals surface area contributed by atoms with Crippen molar-refractivity contribution in [1.82, 2.24) is 19.5 Å². The van der Waals surface area contributed by atoms with Crippen LogP contribution in [0, 0.1) is 0 Å². The number of aliphatic hydroxyl groups excluding tert-OH is 1. The molecule has 3 rings (SSSR count). The maximum atomic E-state index is 12.0. The Hall–Kier alpha value is -1.63. The number of phosphoric acid groups is 3. The number of hydrogen-bond acceptors (Lipinski definition) is 14. The number of aromatic nitrogens is 4. The fourth-order valence-corrected chi connectivity index (χ4v) is 6.01. The highest BCUT2D eigenvalue weighted by atomic mass is 32.1. The summed E-state index contributed by atoms with van der Waals surface area (Å²) in [4.78, 5) is 47.8. The molecule has 0 saturated carbocycles. The second kappa shape index (κ2) is 9.79. The topological polar surface area (TPSA) is 294 Å². The zero-order chi connectivity index (χ0) is 25.5. The zero-order valence-corrected chi connectivity index (χ0v) is 19.9. The van der Waals surface area contributed by atoms with E-state index in [0.29, 0.717) is 0 Å². The number of ether oxygens (including phenoxy) is 2. The van der Waals surface area contributed by atoms with Gasteiger partial charge in [-0.05, 0) is 12.2 Å². The van der Waals surface area contributed by atoms with Crippen molar-refractivity contribution in [3.05, 3.63) is 12.7 Å². The average molecular weight is 566 g/mol. The van der Waals surface area contributed by atoms with Gasteiger partial charge in [0.05, 0.1) is 12.9 Å². The normalized spacial score (nSPS) is 26.7. The quantitative estimate of drug-likeness (QED) is 0.136. The van der Waals surface area contributed by atoms with E-state index in [1.165, 1.54) is 10.9 Å². The minimum atomic E-state index is -5.73. The van der Waals surface area contributed by atoms with Crippen molar-refractivity contribution < 1.29 is 61.0 Å². The first-order chi connectivity index (χ1) is 15.6. The van der Waals surface area contributed by atoms with E-state index in [0.717, 1.165) is 6.33 Å². The third kappa shape index (κ3) is 6.52. The molecule has 0 aliphatic carbocycles. The molecule has 2 aromatic rings. The maximum absolute atomic E-state index is 12.0. The van der Waals surface area contributed by atoms with Crippen LogP contribution in [0.4, 0.5) is 5.82 Å². The van der Waals surface area contributed by atoms with E-state index < -0.39 is 59.8 Å². The molecule has 0 aromatic carbocycles. The molecule has 23 heteroatoms. The average Bonchev–Trinajstić information content (AvgIpc) is 3.20. The van der Waals surface area contributed by atoms with Crippen LogP contribution in [0.1, 0.15) is 6.23 Å². The van der Waals surface area contributed by atoms with Gasteiger partial charge in [0.25, 0.3) is 5.17 Å². The van der Waals surface area contributed by atoms with E-state index in [4.69, 9.17) is 42.9 Å². The molecule has 2 unspecified atom stereocenters. The summed E-state index contributed by atoms with van der Waals surface area (Å²) in [5.41, 5.74) is 11.5. The number of imidazole rings is 1. The number of nitrogen functional groups attached to an aromatic ring is 1. The Morgan fingerprint density at radius 3 is 2.44 bits per heavy atom. The van der Waals surface area contributed by atoms with Crippen molar-refractivity contribution >= 4 is 57.8 Å². The number of aliphatic hydroxyl groups is 1. The zero-order valence-electron chi connectivity index (χ0n) is 16.4. The second-order valence-electron chi connectivity index (χ2n) is 6.43. The molecule has 1 aliphatic rings. The van der Waals surface area contributed by atoms with E-state index in [-0.39, 0.29) is 17.0 Å². The molecule has 1 saturated heterocycles. The minimum Gasteiger partial charge on any atom is -0.460 e. The maximum Gasteiger partial charge on any atom is 0.490 e. The number of hydrogen-bond donors (Lipinski definition) is 7. The highest BCUT2D eigenvalue weighted by molar-refractivity contribution is 7.80. The van der Waals surface area contributed by atoms with Gasteiger partial charge in [-0.1, -0.05) is 0 Å². The summed E-state index contributed by atoms with van der Waals surface area (Å²) >= 11 is 4.70. The van der Waals surface area contributed by atoms with Crippen LogP contribution in [0.3, 0.4) is 0 Å². The second-order valence-corrected chi connectivity index (χ2v) is 11.2. The lowest BCUT2D eigenvalue weighted by Gasteiger charge is -2.21. The van der Waals surface area contributed by atoms with Crippen LogP contribution >= 0.6 is 35.7 Å². The first kappa shape index (κ1) is 27.0. The molecule has 0 spiro atoms. The number of anilines is 1. The summed E-state index contributed by atoms with van der Waals surface area (Å²) in [6.07, 6.45) is -3.25. The van der Waals surface area contributed by atoms with Gasteiger partial charge in [0.2, 0.25) is 0 Å².